The van der Waals surface area contributed by atoms with Gasteiger partial charge in [-0.2, -0.15) is 0 Å². The highest BCUT2D eigenvalue weighted by molar-refractivity contribution is 5.65. The maximum Gasteiger partial charge on any atom is 0.407 e. The van der Waals surface area contributed by atoms with Crippen LogP contribution in [-0.4, -0.2) is 35.7 Å². The van der Waals surface area contributed by atoms with E-state index in [4.69, 9.17) is 10.8 Å². The van der Waals surface area contributed by atoms with E-state index in [9.17, 15) is 13.6 Å². The number of rotatable bonds is 2. The molecule has 3 N–H and O–H groups in total. The van der Waals surface area contributed by atoms with E-state index in [0.717, 1.165) is 12.1 Å². The van der Waals surface area contributed by atoms with E-state index >= 15 is 0 Å². The first-order valence-electron chi connectivity index (χ1n) is 6.12. The van der Waals surface area contributed by atoms with Crippen molar-refractivity contribution in [2.45, 2.75) is 18.3 Å². The predicted octanol–water partition coefficient (Wildman–Crippen LogP) is 1.94. The average molecular weight is 270 g/mol. The van der Waals surface area contributed by atoms with Crippen molar-refractivity contribution in [3.63, 3.8) is 0 Å². The van der Waals surface area contributed by atoms with Gasteiger partial charge in [-0.15, -0.1) is 0 Å². The van der Waals surface area contributed by atoms with Crippen molar-refractivity contribution in [1.82, 2.24) is 4.90 Å². The van der Waals surface area contributed by atoms with Crippen molar-refractivity contribution < 1.29 is 18.7 Å². The van der Waals surface area contributed by atoms with E-state index < -0.39 is 23.1 Å². The fourth-order valence-electron chi connectivity index (χ4n) is 2.61. The van der Waals surface area contributed by atoms with Gasteiger partial charge in [-0.05, 0) is 36.6 Å². The summed E-state index contributed by atoms with van der Waals surface area (Å²) in [7, 11) is 0. The van der Waals surface area contributed by atoms with Gasteiger partial charge >= 0.3 is 6.09 Å². The Kier molecular flexibility index (Phi) is 3.71. The Bertz CT molecular complexity index is 486. The van der Waals surface area contributed by atoms with E-state index in [1.54, 1.807) is 0 Å². The minimum Gasteiger partial charge on any atom is -0.465 e. The summed E-state index contributed by atoms with van der Waals surface area (Å²) in [6.45, 7) is 0.728. The van der Waals surface area contributed by atoms with Crippen LogP contribution >= 0.6 is 0 Å². The van der Waals surface area contributed by atoms with Crippen LogP contribution in [-0.2, 0) is 5.41 Å². The van der Waals surface area contributed by atoms with Crippen molar-refractivity contribution in [1.29, 1.82) is 0 Å². The molecule has 4 nitrogen and oxygen atoms in total. The molecule has 6 heteroatoms. The van der Waals surface area contributed by atoms with Crippen LogP contribution in [0, 0.1) is 11.6 Å². The van der Waals surface area contributed by atoms with Crippen molar-refractivity contribution in [3.8, 4) is 0 Å². The number of carboxylic acid groups (broad SMARTS) is 1. The van der Waals surface area contributed by atoms with E-state index in [-0.39, 0.29) is 25.2 Å². The zero-order chi connectivity index (χ0) is 14.0. The summed E-state index contributed by atoms with van der Waals surface area (Å²) >= 11 is 0. The fraction of sp³-hybridized carbons (Fsp3) is 0.462. The summed E-state index contributed by atoms with van der Waals surface area (Å²) in [5.74, 6) is -1.000. The van der Waals surface area contributed by atoms with Crippen LogP contribution in [0.3, 0.4) is 0 Å². The largest absolute Gasteiger partial charge is 0.465 e. The highest BCUT2D eigenvalue weighted by atomic mass is 19.1. The molecule has 0 radical (unpaired) electrons. The van der Waals surface area contributed by atoms with Crippen molar-refractivity contribution in [3.05, 3.63) is 35.4 Å². The molecule has 19 heavy (non-hydrogen) atoms. The Morgan fingerprint density at radius 3 is 2.53 bits per heavy atom. The molecule has 0 saturated carbocycles. The standard InChI is InChI=1S/C13H16F2N2O2/c14-9-1-2-11(15)10(7-9)13(8-16)3-5-17(6-4-13)12(18)19/h1-2,7H,3-6,8,16H2,(H,18,19). The highest BCUT2D eigenvalue weighted by Gasteiger charge is 2.38. The lowest BCUT2D eigenvalue weighted by molar-refractivity contribution is 0.116. The maximum atomic E-state index is 13.9. The Morgan fingerprint density at radius 2 is 2.00 bits per heavy atom. The van der Waals surface area contributed by atoms with Crippen LogP contribution in [0.5, 0.6) is 0 Å². The molecule has 1 heterocycles. The number of nitrogens with zero attached hydrogens (tertiary/aromatic N) is 1. The SMILES string of the molecule is NCC1(c2cc(F)ccc2F)CCN(C(=O)O)CC1. The number of halogens is 2. The molecule has 0 aromatic heterocycles. The third-order valence-corrected chi connectivity index (χ3v) is 3.88. The van der Waals surface area contributed by atoms with Gasteiger partial charge in [0, 0.05) is 25.0 Å². The summed E-state index contributed by atoms with van der Waals surface area (Å²) < 4.78 is 27.2. The average Bonchev–Trinajstić information content (AvgIpc) is 2.41. The molecule has 1 amide bonds. The van der Waals surface area contributed by atoms with Gasteiger partial charge in [-0.25, -0.2) is 13.6 Å². The van der Waals surface area contributed by atoms with Crippen LogP contribution in [0.2, 0.25) is 0 Å². The zero-order valence-corrected chi connectivity index (χ0v) is 10.4. The number of benzene rings is 1. The number of hydrogen-bond donors (Lipinski definition) is 2. The van der Waals surface area contributed by atoms with Crippen molar-refractivity contribution in [2.75, 3.05) is 19.6 Å². The molecule has 1 aromatic rings. The Morgan fingerprint density at radius 1 is 1.37 bits per heavy atom. The Labute approximate surface area is 109 Å². The van der Waals surface area contributed by atoms with E-state index in [0.29, 0.717) is 12.8 Å². The molecule has 0 spiro atoms. The first-order chi connectivity index (χ1) is 8.98. The summed E-state index contributed by atoms with van der Waals surface area (Å²) in [4.78, 5) is 12.1. The second kappa shape index (κ2) is 5.13. The van der Waals surface area contributed by atoms with Gasteiger partial charge in [-0.1, -0.05) is 0 Å². The summed E-state index contributed by atoms with van der Waals surface area (Å²) in [5.41, 5.74) is 5.32. The predicted molar refractivity (Wildman–Crippen MR) is 65.9 cm³/mol. The van der Waals surface area contributed by atoms with Gasteiger partial charge < -0.3 is 15.7 Å². The van der Waals surface area contributed by atoms with Gasteiger partial charge in [0.2, 0.25) is 0 Å². The molecule has 2 rings (SSSR count). The van der Waals surface area contributed by atoms with Gasteiger partial charge in [0.25, 0.3) is 0 Å². The quantitative estimate of drug-likeness (QED) is 0.863. The lowest BCUT2D eigenvalue weighted by Gasteiger charge is -2.40. The summed E-state index contributed by atoms with van der Waals surface area (Å²) in [6, 6.07) is 3.32. The molecule has 1 aromatic carbocycles. The van der Waals surface area contributed by atoms with Gasteiger partial charge in [0.05, 0.1) is 0 Å². The second-order valence-electron chi connectivity index (χ2n) is 4.88. The molecule has 1 aliphatic heterocycles. The highest BCUT2D eigenvalue weighted by Crippen LogP contribution is 2.36. The molecule has 0 unspecified atom stereocenters. The maximum absolute atomic E-state index is 13.9. The van der Waals surface area contributed by atoms with Gasteiger partial charge in [-0.3, -0.25) is 0 Å². The smallest absolute Gasteiger partial charge is 0.407 e. The topological polar surface area (TPSA) is 66.6 Å². The molecule has 0 bridgehead atoms. The van der Waals surface area contributed by atoms with Crippen LogP contribution < -0.4 is 5.73 Å². The number of amides is 1. The first kappa shape index (κ1) is 13.7. The molecule has 104 valence electrons. The van der Waals surface area contributed by atoms with E-state index in [2.05, 4.69) is 0 Å². The molecule has 0 aliphatic carbocycles. The van der Waals surface area contributed by atoms with Gasteiger partial charge in [0.15, 0.2) is 0 Å². The third kappa shape index (κ3) is 2.53. The lowest BCUT2D eigenvalue weighted by atomic mass is 9.72. The number of carbonyl (C=O) groups is 1. The minimum atomic E-state index is -0.995. The van der Waals surface area contributed by atoms with Crippen LogP contribution in [0.4, 0.5) is 13.6 Å². The number of piperidine rings is 1. The summed E-state index contributed by atoms with van der Waals surface area (Å²) in [6.07, 6.45) is -0.197. The number of likely N-dealkylation sites (tertiary alicyclic amines) is 1. The molecular formula is C13H16F2N2O2. The zero-order valence-electron chi connectivity index (χ0n) is 10.4. The number of hydrogen-bond acceptors (Lipinski definition) is 2. The van der Waals surface area contributed by atoms with Crippen LogP contribution in [0.25, 0.3) is 0 Å². The van der Waals surface area contributed by atoms with Crippen molar-refractivity contribution in [2.24, 2.45) is 5.73 Å². The monoisotopic (exact) mass is 270 g/mol. The van der Waals surface area contributed by atoms with E-state index in [1.807, 2.05) is 0 Å². The Balaban J connectivity index is 2.29. The fourth-order valence-corrected chi connectivity index (χ4v) is 2.61. The molecule has 1 fully saturated rings. The molecule has 0 atom stereocenters. The minimum absolute atomic E-state index is 0.167. The molecular weight excluding hydrogens is 254 g/mol. The second-order valence-corrected chi connectivity index (χ2v) is 4.88. The van der Waals surface area contributed by atoms with Gasteiger partial charge in [0.1, 0.15) is 11.6 Å². The van der Waals surface area contributed by atoms with Crippen LogP contribution in [0.15, 0.2) is 18.2 Å². The van der Waals surface area contributed by atoms with Crippen molar-refractivity contribution >= 4 is 6.09 Å². The normalized spacial score (nSPS) is 18.4. The summed E-state index contributed by atoms with van der Waals surface area (Å²) in [5, 5.41) is 8.91. The van der Waals surface area contributed by atoms with Crippen LogP contribution in [0.1, 0.15) is 18.4 Å². The Hall–Kier alpha value is -1.69. The lowest BCUT2D eigenvalue weighted by Crippen LogP contribution is -2.48. The molecule has 1 saturated heterocycles. The molecule has 1 aliphatic rings. The van der Waals surface area contributed by atoms with E-state index in [1.165, 1.54) is 11.0 Å². The number of nitrogens with two attached hydrogens (primary N) is 1. The first-order valence-corrected chi connectivity index (χ1v) is 6.12. The third-order valence-electron chi connectivity index (χ3n) is 3.88.